The molecule has 0 aromatic heterocycles. The summed E-state index contributed by atoms with van der Waals surface area (Å²) < 4.78 is 27.7. The maximum Gasteiger partial charge on any atom is 0.150 e. The predicted octanol–water partition coefficient (Wildman–Crippen LogP) is 8.41. The summed E-state index contributed by atoms with van der Waals surface area (Å²) in [6, 6.07) is 9.72. The van der Waals surface area contributed by atoms with E-state index in [1.165, 1.54) is 25.3 Å². The molecule has 184 valence electrons. The van der Waals surface area contributed by atoms with Gasteiger partial charge in [-0.2, -0.15) is 0 Å². The zero-order valence-electron chi connectivity index (χ0n) is 21.1. The van der Waals surface area contributed by atoms with Crippen LogP contribution in [0.1, 0.15) is 76.2 Å². The summed E-state index contributed by atoms with van der Waals surface area (Å²) in [7, 11) is 1.98. The van der Waals surface area contributed by atoms with Crippen LogP contribution in [0, 0.1) is 18.6 Å². The molecule has 1 heterocycles. The molecule has 0 amide bonds. The number of amidine groups is 1. The molecule has 0 spiro atoms. The Kier molecular flexibility index (Phi) is 10.3. The van der Waals surface area contributed by atoms with Crippen LogP contribution in [-0.4, -0.2) is 17.8 Å². The van der Waals surface area contributed by atoms with Gasteiger partial charge in [-0.1, -0.05) is 76.4 Å². The van der Waals surface area contributed by atoms with Crippen LogP contribution in [-0.2, 0) is 0 Å². The summed E-state index contributed by atoms with van der Waals surface area (Å²) in [6.07, 6.45) is 4.56. The second-order valence-electron chi connectivity index (χ2n) is 8.43. The first kappa shape index (κ1) is 27.6. The number of unbranched alkanes of at least 4 members (excludes halogenated alkanes) is 2. The maximum atomic E-state index is 14.0. The third-order valence-corrected chi connectivity index (χ3v) is 6.31. The van der Waals surface area contributed by atoms with E-state index >= 15 is 0 Å². The molecular formula is C28H36ClF2N3. The smallest absolute Gasteiger partial charge is 0.150 e. The lowest BCUT2D eigenvalue weighted by Crippen LogP contribution is -2.35. The van der Waals surface area contributed by atoms with Crippen molar-refractivity contribution >= 4 is 23.1 Å². The minimum Gasteiger partial charge on any atom is -0.352 e. The first-order valence-electron chi connectivity index (χ1n) is 11.8. The van der Waals surface area contributed by atoms with Gasteiger partial charge in [-0.25, -0.2) is 13.8 Å². The van der Waals surface area contributed by atoms with Gasteiger partial charge >= 0.3 is 0 Å². The van der Waals surface area contributed by atoms with Gasteiger partial charge in [0.15, 0.2) is 0 Å². The first-order chi connectivity index (χ1) is 16.2. The van der Waals surface area contributed by atoms with Crippen molar-refractivity contribution in [2.24, 2.45) is 4.99 Å². The molecule has 34 heavy (non-hydrogen) atoms. The monoisotopic (exact) mass is 487 g/mol. The summed E-state index contributed by atoms with van der Waals surface area (Å²) in [5, 5.41) is 3.81. The van der Waals surface area contributed by atoms with Crippen LogP contribution in [0.3, 0.4) is 0 Å². The molecule has 0 saturated heterocycles. The van der Waals surface area contributed by atoms with Gasteiger partial charge in [0.1, 0.15) is 23.6 Å². The van der Waals surface area contributed by atoms with E-state index in [9.17, 15) is 8.78 Å². The van der Waals surface area contributed by atoms with Gasteiger partial charge in [-0.3, -0.25) is 0 Å². The molecule has 6 heteroatoms. The molecule has 0 aliphatic carbocycles. The fourth-order valence-electron chi connectivity index (χ4n) is 3.98. The van der Waals surface area contributed by atoms with Crippen molar-refractivity contribution < 1.29 is 8.78 Å². The van der Waals surface area contributed by atoms with E-state index in [-0.39, 0.29) is 6.17 Å². The molecule has 1 N–H and O–H groups in total. The van der Waals surface area contributed by atoms with Crippen molar-refractivity contribution in [2.45, 2.75) is 66.5 Å². The lowest BCUT2D eigenvalue weighted by Gasteiger charge is -2.36. The Morgan fingerprint density at radius 3 is 2.32 bits per heavy atom. The minimum absolute atomic E-state index is 0.317. The highest BCUT2D eigenvalue weighted by Crippen LogP contribution is 2.35. The molecular weight excluding hydrogens is 452 g/mol. The highest BCUT2D eigenvalue weighted by Gasteiger charge is 2.28. The van der Waals surface area contributed by atoms with E-state index in [2.05, 4.69) is 37.6 Å². The van der Waals surface area contributed by atoms with Crippen LogP contribution in [0.25, 0.3) is 5.70 Å². The summed E-state index contributed by atoms with van der Waals surface area (Å²) in [5.41, 5.74) is 4.03. The molecule has 3 rings (SSSR count). The molecule has 0 radical (unpaired) electrons. The highest BCUT2D eigenvalue weighted by atomic mass is 35.5. The molecule has 2 aromatic carbocycles. The topological polar surface area (TPSA) is 27.6 Å². The molecule has 0 bridgehead atoms. The zero-order chi connectivity index (χ0) is 25.4. The van der Waals surface area contributed by atoms with E-state index in [1.54, 1.807) is 6.92 Å². The summed E-state index contributed by atoms with van der Waals surface area (Å²) in [5.74, 6) is -0.644. The molecule has 1 aliphatic rings. The van der Waals surface area contributed by atoms with Crippen LogP contribution in [0.2, 0.25) is 5.02 Å². The van der Waals surface area contributed by atoms with Crippen molar-refractivity contribution in [1.29, 1.82) is 0 Å². The lowest BCUT2D eigenvalue weighted by atomic mass is 10.0. The highest BCUT2D eigenvalue weighted by molar-refractivity contribution is 6.31. The maximum absolute atomic E-state index is 14.0. The molecule has 3 nitrogen and oxygen atoms in total. The first-order valence-corrected chi connectivity index (χ1v) is 12.2. The van der Waals surface area contributed by atoms with Crippen molar-refractivity contribution in [1.82, 2.24) is 10.2 Å². The Morgan fingerprint density at radius 2 is 1.76 bits per heavy atom. The largest absolute Gasteiger partial charge is 0.352 e. The Labute approximate surface area is 208 Å². The number of allylic oxidation sites excluding steroid dienone is 1. The summed E-state index contributed by atoms with van der Waals surface area (Å²) in [4.78, 5) is 6.95. The van der Waals surface area contributed by atoms with Crippen LogP contribution >= 0.6 is 11.6 Å². The van der Waals surface area contributed by atoms with Crippen molar-refractivity contribution in [3.63, 3.8) is 0 Å². The third kappa shape index (κ3) is 6.47. The van der Waals surface area contributed by atoms with Gasteiger partial charge in [0, 0.05) is 46.2 Å². The van der Waals surface area contributed by atoms with E-state index in [4.69, 9.17) is 16.6 Å². The second-order valence-corrected chi connectivity index (χ2v) is 8.83. The molecule has 1 unspecified atom stereocenters. The quantitative estimate of drug-likeness (QED) is 0.442. The number of nitrogens with zero attached hydrogens (tertiary/aromatic N) is 2. The molecule has 1 atom stereocenters. The SMILES string of the molecule is C=C(NC1=NC(c2ccccc2Cl)N(C)C(CC)=C1C)c1cc(F)cc(F)c1C.CCCCC. The zero-order valence-corrected chi connectivity index (χ0v) is 21.9. The second kappa shape index (κ2) is 12.7. The standard InChI is InChI=1S/C23H24ClF2N3.C5H12/c1-6-21-14(3)22(27-15(4)18-11-16(25)12-20(26)13(18)2)28-23(29(21)5)17-9-7-8-10-19(17)24;1-3-5-4-2/h7-12,23H,4,6H2,1-3,5H3,(H,27,28);3-5H2,1-2H3. The Hall–Kier alpha value is -2.66. The Balaban J connectivity index is 0.000000739. The Morgan fingerprint density at radius 1 is 1.12 bits per heavy atom. The number of rotatable bonds is 6. The van der Waals surface area contributed by atoms with Gasteiger partial charge in [0.25, 0.3) is 0 Å². The summed E-state index contributed by atoms with van der Waals surface area (Å²) in [6.45, 7) is 14.1. The number of benzene rings is 2. The Bertz CT molecular complexity index is 1070. The van der Waals surface area contributed by atoms with Gasteiger partial charge < -0.3 is 10.2 Å². The van der Waals surface area contributed by atoms with Gasteiger partial charge in [0.2, 0.25) is 0 Å². The van der Waals surface area contributed by atoms with Gasteiger partial charge in [-0.15, -0.1) is 0 Å². The van der Waals surface area contributed by atoms with Crippen molar-refractivity contribution in [3.05, 3.63) is 87.6 Å². The average molecular weight is 488 g/mol. The normalized spacial score (nSPS) is 15.5. The van der Waals surface area contributed by atoms with E-state index in [1.807, 2.05) is 38.2 Å². The molecule has 0 fully saturated rings. The van der Waals surface area contributed by atoms with Crippen LogP contribution in [0.5, 0.6) is 0 Å². The lowest BCUT2D eigenvalue weighted by molar-refractivity contribution is 0.301. The van der Waals surface area contributed by atoms with E-state index in [0.717, 1.165) is 29.3 Å². The van der Waals surface area contributed by atoms with Gasteiger partial charge in [-0.05, 0) is 38.0 Å². The fraction of sp³-hybridized carbons (Fsp3) is 0.393. The van der Waals surface area contributed by atoms with Gasteiger partial charge in [0.05, 0.1) is 0 Å². The fourth-order valence-corrected chi connectivity index (χ4v) is 4.21. The third-order valence-electron chi connectivity index (χ3n) is 5.96. The number of hydrogen-bond acceptors (Lipinski definition) is 3. The molecule has 0 saturated carbocycles. The minimum atomic E-state index is -0.646. The number of nitrogens with one attached hydrogen (secondary N) is 1. The summed E-state index contributed by atoms with van der Waals surface area (Å²) >= 11 is 6.42. The molecule has 2 aromatic rings. The van der Waals surface area contributed by atoms with E-state index in [0.29, 0.717) is 27.7 Å². The van der Waals surface area contributed by atoms with Crippen molar-refractivity contribution in [3.8, 4) is 0 Å². The van der Waals surface area contributed by atoms with E-state index < -0.39 is 11.6 Å². The van der Waals surface area contributed by atoms with Crippen LogP contribution < -0.4 is 5.32 Å². The predicted molar refractivity (Wildman–Crippen MR) is 141 cm³/mol. The number of halogens is 3. The van der Waals surface area contributed by atoms with Crippen LogP contribution in [0.15, 0.2) is 59.2 Å². The number of aliphatic imine (C=N–C) groups is 1. The number of hydrogen-bond donors (Lipinski definition) is 1. The molecule has 1 aliphatic heterocycles. The average Bonchev–Trinajstić information content (AvgIpc) is 2.80. The van der Waals surface area contributed by atoms with Crippen LogP contribution in [0.4, 0.5) is 8.78 Å². The van der Waals surface area contributed by atoms with Crippen molar-refractivity contribution in [2.75, 3.05) is 7.05 Å².